The Balaban J connectivity index is 2.07. The molecule has 2 heterocycles. The van der Waals surface area contributed by atoms with Crippen LogP contribution in [-0.4, -0.2) is 47.9 Å². The normalized spacial score (nSPS) is 44.3. The minimum absolute atomic E-state index is 0.103. The van der Waals surface area contributed by atoms with Gasteiger partial charge in [-0.3, -0.25) is 0 Å². The van der Waals surface area contributed by atoms with Gasteiger partial charge in [-0.15, -0.1) is 0 Å². The van der Waals surface area contributed by atoms with Crippen molar-refractivity contribution in [3.63, 3.8) is 0 Å². The van der Waals surface area contributed by atoms with Crippen molar-refractivity contribution in [2.45, 2.75) is 23.7 Å². The summed E-state index contributed by atoms with van der Waals surface area (Å²) in [4.78, 5) is 10.9. The van der Waals surface area contributed by atoms with Crippen molar-refractivity contribution in [2.75, 3.05) is 13.7 Å². The maximum Gasteiger partial charge on any atom is 0.368 e. The van der Waals surface area contributed by atoms with Gasteiger partial charge >= 0.3 is 5.30 Å². The van der Waals surface area contributed by atoms with Crippen LogP contribution in [-0.2, 0) is 14.2 Å². The van der Waals surface area contributed by atoms with E-state index < -0.39 is 18.5 Å². The van der Waals surface area contributed by atoms with Gasteiger partial charge in [0.2, 0.25) is 0 Å². The van der Waals surface area contributed by atoms with Crippen molar-refractivity contribution in [3.05, 3.63) is 0 Å². The lowest BCUT2D eigenvalue weighted by Gasteiger charge is -2.33. The molecule has 0 radical (unpaired) electrons. The third kappa shape index (κ3) is 1.54. The Kier molecular flexibility index (Phi) is 2.46. The maximum atomic E-state index is 10.9. The highest BCUT2D eigenvalue weighted by molar-refractivity contribution is 8.14. The van der Waals surface area contributed by atoms with E-state index in [4.69, 9.17) is 14.2 Å². The number of aliphatic hydroxyl groups is 1. The van der Waals surface area contributed by atoms with E-state index in [9.17, 15) is 9.90 Å². The molecule has 13 heavy (non-hydrogen) atoms. The fourth-order valence-electron chi connectivity index (χ4n) is 1.47. The lowest BCUT2D eigenvalue weighted by atomic mass is 10.1. The second-order valence-electron chi connectivity index (χ2n) is 2.92. The molecule has 74 valence electrons. The molecule has 0 spiro atoms. The average molecular weight is 206 g/mol. The number of fused-ring (bicyclic) bond motifs is 1. The van der Waals surface area contributed by atoms with E-state index in [0.29, 0.717) is 6.61 Å². The van der Waals surface area contributed by atoms with Crippen molar-refractivity contribution in [1.29, 1.82) is 0 Å². The highest BCUT2D eigenvalue weighted by atomic mass is 32.2. The average Bonchev–Trinajstić information content (AvgIpc) is 2.47. The molecule has 2 rings (SSSR count). The monoisotopic (exact) mass is 206 g/mol. The predicted octanol–water partition coefficient (Wildman–Crippen LogP) is -0.0294. The fraction of sp³-hybridized carbons (Fsp3) is 0.857. The summed E-state index contributed by atoms with van der Waals surface area (Å²) < 4.78 is 15.0. The van der Waals surface area contributed by atoms with Crippen molar-refractivity contribution >= 4 is 17.1 Å². The van der Waals surface area contributed by atoms with Gasteiger partial charge in [0.25, 0.3) is 0 Å². The Bertz CT molecular complexity index is 221. The maximum absolute atomic E-state index is 10.9. The summed E-state index contributed by atoms with van der Waals surface area (Å²) in [7, 11) is 1.44. The van der Waals surface area contributed by atoms with Crippen LogP contribution in [0.15, 0.2) is 0 Å². The van der Waals surface area contributed by atoms with Crippen LogP contribution >= 0.6 is 11.8 Å². The Morgan fingerprint density at radius 2 is 2.46 bits per heavy atom. The summed E-state index contributed by atoms with van der Waals surface area (Å²) in [5, 5.41) is 9.16. The largest absolute Gasteiger partial charge is 0.450 e. The molecular weight excluding hydrogens is 196 g/mol. The number of carbonyl (C=O) groups is 1. The fourth-order valence-corrected chi connectivity index (χ4v) is 2.39. The molecule has 6 heteroatoms. The van der Waals surface area contributed by atoms with Gasteiger partial charge in [0.15, 0.2) is 6.29 Å². The van der Waals surface area contributed by atoms with Gasteiger partial charge in [-0.2, -0.15) is 0 Å². The van der Waals surface area contributed by atoms with Crippen molar-refractivity contribution in [3.8, 4) is 0 Å². The number of hydrogen-bond acceptors (Lipinski definition) is 6. The van der Waals surface area contributed by atoms with Crippen LogP contribution in [0, 0.1) is 0 Å². The van der Waals surface area contributed by atoms with E-state index in [2.05, 4.69) is 0 Å². The van der Waals surface area contributed by atoms with Gasteiger partial charge in [0.1, 0.15) is 12.2 Å². The highest BCUT2D eigenvalue weighted by Gasteiger charge is 2.48. The van der Waals surface area contributed by atoms with E-state index >= 15 is 0 Å². The minimum atomic E-state index is -0.886. The predicted molar refractivity (Wildman–Crippen MR) is 44.4 cm³/mol. The first-order valence-electron chi connectivity index (χ1n) is 3.92. The molecule has 1 N–H and O–H groups in total. The second-order valence-corrected chi connectivity index (χ2v) is 4.09. The molecule has 5 nitrogen and oxygen atoms in total. The molecule has 0 aliphatic carbocycles. The summed E-state index contributed by atoms with van der Waals surface area (Å²) in [6.45, 7) is 0.372. The third-order valence-corrected chi connectivity index (χ3v) is 3.11. The summed E-state index contributed by atoms with van der Waals surface area (Å²) in [5.41, 5.74) is 0. The van der Waals surface area contributed by atoms with Crippen LogP contribution in [0.5, 0.6) is 0 Å². The molecule has 2 aliphatic heterocycles. The molecule has 0 aromatic carbocycles. The first-order chi connectivity index (χ1) is 6.22. The standard InChI is InChI=1S/C7H10O5S/c1-10-6-4(8)5-3(2-11-6)13-7(9)12-5/h3-6,8H,2H2,1H3/t3-,4+,5-,6-/m0/s1. The van der Waals surface area contributed by atoms with Gasteiger partial charge in [-0.25, -0.2) is 4.79 Å². The summed E-state index contributed by atoms with van der Waals surface area (Å²) in [6.07, 6.45) is -2.06. The van der Waals surface area contributed by atoms with Crippen LogP contribution in [0.1, 0.15) is 0 Å². The van der Waals surface area contributed by atoms with Gasteiger partial charge in [-0.05, 0) is 11.8 Å². The number of aliphatic hydroxyl groups excluding tert-OH is 1. The first kappa shape index (κ1) is 9.26. The lowest BCUT2D eigenvalue weighted by Crippen LogP contribution is -2.51. The van der Waals surface area contributed by atoms with Crippen molar-refractivity contribution in [1.82, 2.24) is 0 Å². The van der Waals surface area contributed by atoms with E-state index in [-0.39, 0.29) is 10.6 Å². The summed E-state index contributed by atoms with van der Waals surface area (Å²) in [6, 6.07) is 0. The van der Waals surface area contributed by atoms with Crippen LogP contribution in [0.2, 0.25) is 0 Å². The number of carbonyl (C=O) groups excluding carboxylic acids is 1. The van der Waals surface area contributed by atoms with Gasteiger partial charge in [0.05, 0.1) is 11.9 Å². The zero-order valence-electron chi connectivity index (χ0n) is 7.00. The SMILES string of the molecule is CO[C@H]1OC[C@@H]2SC(=O)O[C@@H]2[C@H]1O. The molecule has 0 amide bonds. The van der Waals surface area contributed by atoms with E-state index in [0.717, 1.165) is 11.8 Å². The second kappa shape index (κ2) is 3.45. The number of hydrogen-bond donors (Lipinski definition) is 1. The zero-order valence-corrected chi connectivity index (χ0v) is 7.82. The molecule has 2 aliphatic rings. The van der Waals surface area contributed by atoms with Gasteiger partial charge in [0, 0.05) is 7.11 Å². The molecule has 0 saturated carbocycles. The smallest absolute Gasteiger partial charge is 0.368 e. The summed E-state index contributed by atoms with van der Waals surface area (Å²) >= 11 is 1.06. The Hall–Kier alpha value is -0.300. The minimum Gasteiger partial charge on any atom is -0.450 e. The Morgan fingerprint density at radius 3 is 3.15 bits per heavy atom. The van der Waals surface area contributed by atoms with Gasteiger partial charge < -0.3 is 19.3 Å². The molecule has 4 atom stereocenters. The van der Waals surface area contributed by atoms with Crippen LogP contribution in [0.3, 0.4) is 0 Å². The Morgan fingerprint density at radius 1 is 1.69 bits per heavy atom. The molecule has 0 bridgehead atoms. The zero-order chi connectivity index (χ0) is 9.42. The Labute approximate surface area is 79.3 Å². The number of methoxy groups -OCH3 is 1. The van der Waals surface area contributed by atoms with Crippen molar-refractivity contribution in [2.24, 2.45) is 0 Å². The van der Waals surface area contributed by atoms with Crippen LogP contribution in [0.4, 0.5) is 4.79 Å². The molecule has 2 saturated heterocycles. The van der Waals surface area contributed by atoms with Crippen LogP contribution in [0.25, 0.3) is 0 Å². The first-order valence-corrected chi connectivity index (χ1v) is 4.80. The lowest BCUT2D eigenvalue weighted by molar-refractivity contribution is -0.226. The third-order valence-electron chi connectivity index (χ3n) is 2.12. The number of rotatable bonds is 1. The quantitative estimate of drug-likeness (QED) is 0.608. The van der Waals surface area contributed by atoms with E-state index in [1.807, 2.05) is 0 Å². The van der Waals surface area contributed by atoms with Gasteiger partial charge in [-0.1, -0.05) is 0 Å². The van der Waals surface area contributed by atoms with Crippen molar-refractivity contribution < 1.29 is 24.1 Å². The van der Waals surface area contributed by atoms with E-state index in [1.54, 1.807) is 0 Å². The molecular formula is C7H10O5S. The number of thioether (sulfide) groups is 1. The van der Waals surface area contributed by atoms with E-state index in [1.165, 1.54) is 7.11 Å². The molecule has 0 unspecified atom stereocenters. The highest BCUT2D eigenvalue weighted by Crippen LogP contribution is 2.35. The summed E-state index contributed by atoms with van der Waals surface area (Å²) in [5.74, 6) is 0. The van der Waals surface area contributed by atoms with Crippen LogP contribution < -0.4 is 0 Å². The topological polar surface area (TPSA) is 65.0 Å². The molecule has 0 aromatic rings. The molecule has 0 aromatic heterocycles. The number of ether oxygens (including phenoxy) is 3. The molecule has 2 fully saturated rings.